The van der Waals surface area contributed by atoms with Crippen LogP contribution in [0.25, 0.3) is 0 Å². The van der Waals surface area contributed by atoms with Crippen molar-refractivity contribution < 1.29 is 14.8 Å². The van der Waals surface area contributed by atoms with Gasteiger partial charge >= 0.3 is 0 Å². The van der Waals surface area contributed by atoms with E-state index < -0.39 is 11.8 Å². The summed E-state index contributed by atoms with van der Waals surface area (Å²) in [6.45, 7) is 8.31. The van der Waals surface area contributed by atoms with Crippen LogP contribution in [0.15, 0.2) is 30.3 Å². The minimum Gasteiger partial charge on any atom is -0.368 e. The summed E-state index contributed by atoms with van der Waals surface area (Å²) in [6.07, 6.45) is 0.664. The summed E-state index contributed by atoms with van der Waals surface area (Å²) in [5.74, 6) is -0.577. The zero-order valence-corrected chi connectivity index (χ0v) is 15.3. The number of carbonyl (C=O) groups excluding carboxylic acids is 2. The van der Waals surface area contributed by atoms with Crippen LogP contribution in [-0.4, -0.2) is 47.6 Å². The first-order valence-electron chi connectivity index (χ1n) is 8.95. The maximum absolute atomic E-state index is 13.0. The highest BCUT2D eigenvalue weighted by Crippen LogP contribution is 2.24. The van der Waals surface area contributed by atoms with Gasteiger partial charge in [0.25, 0.3) is 0 Å². The van der Waals surface area contributed by atoms with Gasteiger partial charge in [-0.05, 0) is 31.4 Å². The SMILES string of the molecule is CC(C)C[C@@H](CC(=O)NO)C(=O)N1CCN(c2ccccc2)C[C@H]1C. The Kier molecular flexibility index (Phi) is 6.82. The smallest absolute Gasteiger partial charge is 0.244 e. The lowest BCUT2D eigenvalue weighted by atomic mass is 9.91. The van der Waals surface area contributed by atoms with Crippen molar-refractivity contribution in [3.05, 3.63) is 30.3 Å². The van der Waals surface area contributed by atoms with E-state index in [0.29, 0.717) is 18.9 Å². The molecule has 0 aliphatic carbocycles. The standard InChI is InChI=1S/C19H29N3O3/c1-14(2)11-16(12-18(23)20-25)19(24)22-10-9-21(13-15(22)3)17-7-5-4-6-8-17/h4-8,14-16,25H,9-13H2,1-3H3,(H,20,23)/t15-,16+/m1/s1. The largest absolute Gasteiger partial charge is 0.368 e. The third-order valence-corrected chi connectivity index (χ3v) is 4.69. The zero-order valence-electron chi connectivity index (χ0n) is 15.3. The van der Waals surface area contributed by atoms with Crippen LogP contribution in [0, 0.1) is 11.8 Å². The van der Waals surface area contributed by atoms with E-state index in [9.17, 15) is 9.59 Å². The van der Waals surface area contributed by atoms with Gasteiger partial charge in [-0.2, -0.15) is 0 Å². The number of nitrogens with zero attached hydrogens (tertiary/aromatic N) is 2. The lowest BCUT2D eigenvalue weighted by Crippen LogP contribution is -2.55. The third-order valence-electron chi connectivity index (χ3n) is 4.69. The molecule has 0 saturated carbocycles. The van der Waals surface area contributed by atoms with Gasteiger partial charge in [0.1, 0.15) is 0 Å². The molecule has 1 saturated heterocycles. The Morgan fingerprint density at radius 3 is 2.48 bits per heavy atom. The molecule has 2 atom stereocenters. The van der Waals surface area contributed by atoms with Crippen LogP contribution in [0.5, 0.6) is 0 Å². The molecular weight excluding hydrogens is 318 g/mol. The van der Waals surface area contributed by atoms with Crippen molar-refractivity contribution in [2.24, 2.45) is 11.8 Å². The third kappa shape index (κ3) is 5.19. The van der Waals surface area contributed by atoms with Crippen molar-refractivity contribution in [2.45, 2.75) is 39.7 Å². The van der Waals surface area contributed by atoms with Crippen LogP contribution in [0.3, 0.4) is 0 Å². The van der Waals surface area contributed by atoms with Gasteiger partial charge in [-0.25, -0.2) is 5.48 Å². The van der Waals surface area contributed by atoms with E-state index in [1.165, 1.54) is 5.69 Å². The molecule has 6 nitrogen and oxygen atoms in total. The fourth-order valence-electron chi connectivity index (χ4n) is 3.50. The van der Waals surface area contributed by atoms with E-state index in [-0.39, 0.29) is 18.4 Å². The van der Waals surface area contributed by atoms with Gasteiger partial charge in [0.05, 0.1) is 0 Å². The second kappa shape index (κ2) is 8.85. The zero-order chi connectivity index (χ0) is 18.4. The number of carbonyl (C=O) groups is 2. The minimum atomic E-state index is -0.505. The van der Waals surface area contributed by atoms with Crippen LogP contribution >= 0.6 is 0 Å². The van der Waals surface area contributed by atoms with Crippen LogP contribution in [0.2, 0.25) is 0 Å². The monoisotopic (exact) mass is 347 g/mol. The minimum absolute atomic E-state index is 0.0116. The predicted octanol–water partition coefficient (Wildman–Crippen LogP) is 2.28. The van der Waals surface area contributed by atoms with Gasteiger partial charge in [0.15, 0.2) is 0 Å². The summed E-state index contributed by atoms with van der Waals surface area (Å²) >= 11 is 0. The van der Waals surface area contributed by atoms with Crippen molar-refractivity contribution >= 4 is 17.5 Å². The average Bonchev–Trinajstić information content (AvgIpc) is 2.60. The van der Waals surface area contributed by atoms with Gasteiger partial charge in [0, 0.05) is 43.7 Å². The van der Waals surface area contributed by atoms with Gasteiger partial charge in [-0.15, -0.1) is 0 Å². The molecule has 6 heteroatoms. The fourth-order valence-corrected chi connectivity index (χ4v) is 3.50. The van der Waals surface area contributed by atoms with E-state index in [4.69, 9.17) is 5.21 Å². The molecule has 0 radical (unpaired) electrons. The summed E-state index contributed by atoms with van der Waals surface area (Å²) in [7, 11) is 0. The molecule has 1 aliphatic heterocycles. The number of para-hydroxylation sites is 1. The molecule has 2 N–H and O–H groups in total. The van der Waals surface area contributed by atoms with E-state index in [2.05, 4.69) is 17.0 Å². The number of nitrogens with one attached hydrogen (secondary N) is 1. The van der Waals surface area contributed by atoms with Crippen LogP contribution in [0.4, 0.5) is 5.69 Å². The second-order valence-corrected chi connectivity index (χ2v) is 7.23. The molecule has 0 spiro atoms. The fraction of sp³-hybridized carbons (Fsp3) is 0.579. The van der Waals surface area contributed by atoms with Gasteiger partial charge in [0.2, 0.25) is 11.8 Å². The number of rotatable bonds is 6. The van der Waals surface area contributed by atoms with Crippen molar-refractivity contribution in [3.63, 3.8) is 0 Å². The number of hydrogen-bond donors (Lipinski definition) is 2. The van der Waals surface area contributed by atoms with E-state index in [0.717, 1.165) is 13.1 Å². The quantitative estimate of drug-likeness (QED) is 0.612. The van der Waals surface area contributed by atoms with Crippen LogP contribution in [-0.2, 0) is 9.59 Å². The Balaban J connectivity index is 2.04. The molecule has 1 aromatic rings. The number of amides is 2. The lowest BCUT2D eigenvalue weighted by molar-refractivity contribution is -0.142. The number of hydrogen-bond acceptors (Lipinski definition) is 4. The molecule has 1 aliphatic rings. The Labute approximate surface area is 149 Å². The molecule has 1 aromatic carbocycles. The Hall–Kier alpha value is -2.08. The molecule has 0 bridgehead atoms. The first-order chi connectivity index (χ1) is 11.9. The number of benzene rings is 1. The van der Waals surface area contributed by atoms with Gasteiger partial charge in [-0.1, -0.05) is 32.0 Å². The first kappa shape index (κ1) is 19.2. The van der Waals surface area contributed by atoms with Gasteiger partial charge < -0.3 is 9.80 Å². The summed E-state index contributed by atoms with van der Waals surface area (Å²) in [6, 6.07) is 10.3. The van der Waals surface area contributed by atoms with Crippen molar-refractivity contribution in [3.8, 4) is 0 Å². The Bertz CT molecular complexity index is 577. The number of piperazine rings is 1. The van der Waals surface area contributed by atoms with Crippen LogP contribution in [0.1, 0.15) is 33.6 Å². The molecule has 0 unspecified atom stereocenters. The first-order valence-corrected chi connectivity index (χ1v) is 8.95. The highest BCUT2D eigenvalue weighted by atomic mass is 16.5. The maximum atomic E-state index is 13.0. The second-order valence-electron chi connectivity index (χ2n) is 7.23. The Morgan fingerprint density at radius 2 is 1.92 bits per heavy atom. The van der Waals surface area contributed by atoms with E-state index >= 15 is 0 Å². The molecule has 138 valence electrons. The van der Waals surface area contributed by atoms with Gasteiger partial charge in [-0.3, -0.25) is 14.8 Å². The molecular formula is C19H29N3O3. The summed E-state index contributed by atoms with van der Waals surface area (Å²) in [5, 5.41) is 8.79. The average molecular weight is 347 g/mol. The number of hydroxylamine groups is 1. The van der Waals surface area contributed by atoms with Crippen molar-refractivity contribution in [2.75, 3.05) is 24.5 Å². The highest BCUT2D eigenvalue weighted by molar-refractivity contribution is 5.85. The van der Waals surface area contributed by atoms with Crippen LogP contribution < -0.4 is 10.4 Å². The molecule has 2 rings (SSSR count). The normalized spacial score (nSPS) is 19.0. The summed E-state index contributed by atoms with van der Waals surface area (Å²) < 4.78 is 0. The Morgan fingerprint density at radius 1 is 1.24 bits per heavy atom. The summed E-state index contributed by atoms with van der Waals surface area (Å²) in [4.78, 5) is 28.7. The molecule has 2 amide bonds. The molecule has 1 heterocycles. The number of anilines is 1. The van der Waals surface area contributed by atoms with E-state index in [1.807, 2.05) is 43.9 Å². The van der Waals surface area contributed by atoms with Crippen molar-refractivity contribution in [1.29, 1.82) is 0 Å². The summed E-state index contributed by atoms with van der Waals surface area (Å²) in [5.41, 5.74) is 2.81. The van der Waals surface area contributed by atoms with E-state index in [1.54, 1.807) is 5.48 Å². The predicted molar refractivity (Wildman–Crippen MR) is 97.3 cm³/mol. The highest BCUT2D eigenvalue weighted by Gasteiger charge is 2.33. The molecule has 1 fully saturated rings. The topological polar surface area (TPSA) is 72.9 Å². The molecule has 25 heavy (non-hydrogen) atoms. The van der Waals surface area contributed by atoms with Crippen molar-refractivity contribution in [1.82, 2.24) is 10.4 Å². The molecule has 0 aromatic heterocycles. The maximum Gasteiger partial charge on any atom is 0.244 e. The lowest BCUT2D eigenvalue weighted by Gasteiger charge is -2.42.